The number of hydrogen-bond donors (Lipinski definition) is 2. The Morgan fingerprint density at radius 1 is 1.03 bits per heavy atom. The van der Waals surface area contributed by atoms with E-state index in [0.29, 0.717) is 17.4 Å². The Bertz CT molecular complexity index is 1180. The summed E-state index contributed by atoms with van der Waals surface area (Å²) in [6.45, 7) is 4.13. The van der Waals surface area contributed by atoms with Crippen molar-refractivity contribution in [3.05, 3.63) is 106 Å². The molecule has 3 aromatic rings. The quantitative estimate of drug-likeness (QED) is 0.439. The maximum atomic E-state index is 13.3. The van der Waals surface area contributed by atoms with Crippen molar-refractivity contribution in [3.63, 3.8) is 0 Å². The van der Waals surface area contributed by atoms with E-state index in [1.807, 2.05) is 42.5 Å². The lowest BCUT2D eigenvalue weighted by atomic mass is 9.76. The average molecular weight is 429 g/mol. The largest absolute Gasteiger partial charge is 0.377 e. The molecule has 4 heteroatoms. The highest BCUT2D eigenvalue weighted by Crippen LogP contribution is 2.50. The third kappa shape index (κ3) is 3.64. The van der Waals surface area contributed by atoms with Gasteiger partial charge in [-0.25, -0.2) is 0 Å². The van der Waals surface area contributed by atoms with Crippen molar-refractivity contribution in [2.24, 2.45) is 5.92 Å². The molecule has 1 aliphatic heterocycles. The summed E-state index contributed by atoms with van der Waals surface area (Å²) in [5.41, 5.74) is 7.17. The van der Waals surface area contributed by atoms with Crippen LogP contribution in [-0.4, -0.2) is 5.91 Å². The van der Waals surface area contributed by atoms with Gasteiger partial charge in [-0.05, 0) is 78.8 Å². The molecule has 3 nitrogen and oxygen atoms in total. The van der Waals surface area contributed by atoms with Crippen LogP contribution < -0.4 is 10.6 Å². The van der Waals surface area contributed by atoms with Gasteiger partial charge in [0.1, 0.15) is 0 Å². The number of rotatable bonds is 3. The van der Waals surface area contributed by atoms with Crippen molar-refractivity contribution in [1.82, 2.24) is 0 Å². The summed E-state index contributed by atoms with van der Waals surface area (Å²) in [6.07, 6.45) is 5.57. The van der Waals surface area contributed by atoms with Gasteiger partial charge in [0.15, 0.2) is 0 Å². The van der Waals surface area contributed by atoms with Gasteiger partial charge >= 0.3 is 0 Å². The number of halogens is 1. The maximum Gasteiger partial charge on any atom is 0.257 e. The number of allylic oxidation sites excluding steroid dienone is 2. The molecule has 3 unspecified atom stereocenters. The molecule has 0 aromatic heterocycles. The lowest BCUT2D eigenvalue weighted by Gasteiger charge is -2.38. The van der Waals surface area contributed by atoms with Gasteiger partial charge < -0.3 is 10.6 Å². The van der Waals surface area contributed by atoms with E-state index < -0.39 is 0 Å². The molecule has 3 atom stereocenters. The van der Waals surface area contributed by atoms with Crippen LogP contribution in [0.25, 0.3) is 0 Å². The van der Waals surface area contributed by atoms with Crippen LogP contribution in [0.1, 0.15) is 51.0 Å². The second-order valence-corrected chi connectivity index (χ2v) is 8.99. The minimum Gasteiger partial charge on any atom is -0.377 e. The smallest absolute Gasteiger partial charge is 0.257 e. The fourth-order valence-electron chi connectivity index (χ4n) is 4.83. The summed E-state index contributed by atoms with van der Waals surface area (Å²) in [4.78, 5) is 13.3. The second-order valence-electron chi connectivity index (χ2n) is 8.55. The maximum absolute atomic E-state index is 13.3. The molecule has 0 radical (unpaired) electrons. The Morgan fingerprint density at radius 2 is 1.84 bits per heavy atom. The zero-order chi connectivity index (χ0) is 21.5. The molecule has 3 aromatic carbocycles. The summed E-state index contributed by atoms with van der Waals surface area (Å²) in [5.74, 6) is 0.626. The monoisotopic (exact) mass is 428 g/mol. The third-order valence-corrected chi connectivity index (χ3v) is 6.89. The summed E-state index contributed by atoms with van der Waals surface area (Å²) >= 11 is 6.12. The first-order valence-electron chi connectivity index (χ1n) is 10.7. The van der Waals surface area contributed by atoms with Crippen molar-refractivity contribution >= 4 is 28.9 Å². The van der Waals surface area contributed by atoms with Crippen LogP contribution in [0.2, 0.25) is 5.02 Å². The van der Waals surface area contributed by atoms with E-state index >= 15 is 0 Å². The van der Waals surface area contributed by atoms with Crippen LogP contribution in [0.5, 0.6) is 0 Å². The molecule has 0 saturated heterocycles. The number of fused-ring (bicyclic) bond motifs is 3. The first-order valence-corrected chi connectivity index (χ1v) is 11.1. The topological polar surface area (TPSA) is 41.1 Å². The van der Waals surface area contributed by atoms with E-state index in [1.165, 1.54) is 16.7 Å². The van der Waals surface area contributed by atoms with E-state index in [1.54, 1.807) is 0 Å². The number of carbonyl (C=O) groups is 1. The van der Waals surface area contributed by atoms with E-state index in [0.717, 1.165) is 28.4 Å². The van der Waals surface area contributed by atoms with Crippen LogP contribution in [0.4, 0.5) is 11.4 Å². The Morgan fingerprint density at radius 3 is 2.61 bits per heavy atom. The number of benzene rings is 3. The van der Waals surface area contributed by atoms with E-state index in [9.17, 15) is 4.79 Å². The van der Waals surface area contributed by atoms with Crippen LogP contribution in [-0.2, 0) is 0 Å². The van der Waals surface area contributed by atoms with Crippen LogP contribution in [0.3, 0.4) is 0 Å². The predicted molar refractivity (Wildman–Crippen MR) is 128 cm³/mol. The molecule has 0 saturated carbocycles. The van der Waals surface area contributed by atoms with Gasteiger partial charge in [0, 0.05) is 16.6 Å². The molecule has 1 aliphatic carbocycles. The van der Waals surface area contributed by atoms with Gasteiger partial charge in [-0.1, -0.05) is 54.1 Å². The number of nitrogens with one attached hydrogen (secondary N) is 2. The van der Waals surface area contributed by atoms with Gasteiger partial charge in [-0.2, -0.15) is 0 Å². The van der Waals surface area contributed by atoms with Gasteiger partial charge in [0.25, 0.3) is 5.91 Å². The van der Waals surface area contributed by atoms with Crippen molar-refractivity contribution in [2.45, 2.75) is 32.2 Å². The Kier molecular flexibility index (Phi) is 5.07. The molecule has 156 valence electrons. The number of aryl methyl sites for hydroxylation is 2. The number of para-hydroxylation sites is 1. The number of amides is 1. The zero-order valence-electron chi connectivity index (χ0n) is 17.7. The highest BCUT2D eigenvalue weighted by molar-refractivity contribution is 6.30. The molecule has 31 heavy (non-hydrogen) atoms. The Balaban J connectivity index is 1.51. The van der Waals surface area contributed by atoms with Gasteiger partial charge in [-0.15, -0.1) is 0 Å². The summed E-state index contributed by atoms with van der Waals surface area (Å²) in [7, 11) is 0. The van der Waals surface area contributed by atoms with Gasteiger partial charge in [-0.3, -0.25) is 4.79 Å². The highest BCUT2D eigenvalue weighted by atomic mass is 35.5. The Labute approximate surface area is 188 Å². The minimum atomic E-state index is -0.0946. The zero-order valence-corrected chi connectivity index (χ0v) is 18.4. The molecule has 0 bridgehead atoms. The molecule has 1 amide bonds. The number of hydrogen-bond acceptors (Lipinski definition) is 2. The third-order valence-electron chi connectivity index (χ3n) is 6.64. The minimum absolute atomic E-state index is 0.0946. The molecular formula is C27H25ClN2O. The second kappa shape index (κ2) is 7.90. The summed E-state index contributed by atoms with van der Waals surface area (Å²) in [6, 6.07) is 20.2. The van der Waals surface area contributed by atoms with Crippen molar-refractivity contribution in [1.29, 1.82) is 0 Å². The predicted octanol–water partition coefficient (Wildman–Crippen LogP) is 7.04. The lowest BCUT2D eigenvalue weighted by Crippen LogP contribution is -2.30. The Hall–Kier alpha value is -3.04. The summed E-state index contributed by atoms with van der Waals surface area (Å²) < 4.78 is 0. The van der Waals surface area contributed by atoms with Crippen LogP contribution in [0, 0.1) is 19.8 Å². The first kappa shape index (κ1) is 19.9. The molecule has 0 fully saturated rings. The van der Waals surface area contributed by atoms with Gasteiger partial charge in [0.05, 0.1) is 17.3 Å². The standard InChI is InChI=1S/C27H25ClN2O/c1-16-9-14-20(15-17(16)2)29-27(31)24-8-4-7-23-21-5-3-6-22(21)25(30-26(23)24)18-10-12-19(28)13-11-18/h3-5,7-15,21-22,25,30H,6H2,1-2H3,(H,29,31). The molecule has 2 aliphatic rings. The fraction of sp³-hybridized carbons (Fsp3) is 0.222. The van der Waals surface area contributed by atoms with E-state index in [4.69, 9.17) is 11.6 Å². The SMILES string of the molecule is Cc1ccc(NC(=O)c2cccc3c2NC(c2ccc(Cl)cc2)C2CC=CC32)cc1C. The van der Waals surface area contributed by atoms with Crippen molar-refractivity contribution in [3.8, 4) is 0 Å². The van der Waals surface area contributed by atoms with E-state index in [-0.39, 0.29) is 11.9 Å². The normalized spacial score (nSPS) is 21.2. The van der Waals surface area contributed by atoms with Crippen molar-refractivity contribution in [2.75, 3.05) is 10.6 Å². The first-order chi connectivity index (χ1) is 15.0. The van der Waals surface area contributed by atoms with Crippen molar-refractivity contribution < 1.29 is 4.79 Å². The molecule has 2 N–H and O–H groups in total. The molecular weight excluding hydrogens is 404 g/mol. The fourth-order valence-corrected chi connectivity index (χ4v) is 4.95. The highest BCUT2D eigenvalue weighted by Gasteiger charge is 2.39. The molecule has 0 spiro atoms. The molecule has 5 rings (SSSR count). The van der Waals surface area contributed by atoms with Gasteiger partial charge in [0.2, 0.25) is 0 Å². The average Bonchev–Trinajstić information content (AvgIpc) is 3.26. The van der Waals surface area contributed by atoms with E-state index in [2.05, 4.69) is 54.8 Å². The summed E-state index contributed by atoms with van der Waals surface area (Å²) in [5, 5.41) is 7.53. The number of carbonyl (C=O) groups excluding carboxylic acids is 1. The molecule has 1 heterocycles. The number of anilines is 2. The van der Waals surface area contributed by atoms with Crippen LogP contribution >= 0.6 is 11.6 Å². The lowest BCUT2D eigenvalue weighted by molar-refractivity contribution is 0.102. The van der Waals surface area contributed by atoms with Crippen LogP contribution in [0.15, 0.2) is 72.8 Å².